The van der Waals surface area contributed by atoms with Crippen LogP contribution in [-0.2, 0) is 6.42 Å². The molecule has 2 rings (SSSR count). The first-order valence-corrected chi connectivity index (χ1v) is 4.45. The zero-order valence-corrected chi connectivity index (χ0v) is 7.62. The summed E-state index contributed by atoms with van der Waals surface area (Å²) in [5.41, 5.74) is 7.92. The third kappa shape index (κ3) is 1.35. The predicted molar refractivity (Wildman–Crippen MR) is 55.5 cm³/mol. The third-order valence-corrected chi connectivity index (χ3v) is 2.21. The van der Waals surface area contributed by atoms with E-state index in [-0.39, 0.29) is 0 Å². The van der Waals surface area contributed by atoms with Gasteiger partial charge in [0.1, 0.15) is 5.82 Å². The largest absolute Gasteiger partial charge is 0.384 e. The Bertz CT molecular complexity index is 435. The van der Waals surface area contributed by atoms with Crippen molar-refractivity contribution in [1.29, 1.82) is 0 Å². The van der Waals surface area contributed by atoms with Crippen molar-refractivity contribution in [2.75, 3.05) is 5.73 Å². The zero-order chi connectivity index (χ0) is 9.26. The molecule has 0 radical (unpaired) electrons. The van der Waals surface area contributed by atoms with Crippen molar-refractivity contribution in [2.45, 2.75) is 13.3 Å². The highest BCUT2D eigenvalue weighted by Gasteiger charge is 1.99. The maximum Gasteiger partial charge on any atom is 0.124 e. The first-order valence-electron chi connectivity index (χ1n) is 4.45. The highest BCUT2D eigenvalue weighted by molar-refractivity contribution is 5.83. The summed E-state index contributed by atoms with van der Waals surface area (Å²) in [5, 5.41) is 1.16. The number of anilines is 1. The van der Waals surface area contributed by atoms with E-state index < -0.39 is 0 Å². The van der Waals surface area contributed by atoms with Gasteiger partial charge in [0.2, 0.25) is 0 Å². The maximum atomic E-state index is 5.64. The van der Waals surface area contributed by atoms with Gasteiger partial charge >= 0.3 is 0 Å². The lowest BCUT2D eigenvalue weighted by Gasteiger charge is -2.03. The van der Waals surface area contributed by atoms with Crippen LogP contribution in [0.25, 0.3) is 10.9 Å². The summed E-state index contributed by atoms with van der Waals surface area (Å²) < 4.78 is 0. The van der Waals surface area contributed by atoms with Gasteiger partial charge in [-0.15, -0.1) is 0 Å². The predicted octanol–water partition coefficient (Wildman–Crippen LogP) is 2.38. The van der Waals surface area contributed by atoms with Gasteiger partial charge in [-0.3, -0.25) is 0 Å². The summed E-state index contributed by atoms with van der Waals surface area (Å²) in [4.78, 5) is 4.32. The number of hydrogen-bond donors (Lipinski definition) is 1. The number of hydrogen-bond acceptors (Lipinski definition) is 2. The molecule has 1 aromatic carbocycles. The zero-order valence-electron chi connectivity index (χ0n) is 7.62. The molecule has 1 heterocycles. The summed E-state index contributed by atoms with van der Waals surface area (Å²) in [5.74, 6) is 0.591. The Labute approximate surface area is 77.4 Å². The highest BCUT2D eigenvalue weighted by Crippen LogP contribution is 2.18. The van der Waals surface area contributed by atoms with E-state index in [9.17, 15) is 0 Å². The van der Waals surface area contributed by atoms with E-state index in [0.717, 1.165) is 17.3 Å². The number of para-hydroxylation sites is 1. The minimum absolute atomic E-state index is 0.591. The van der Waals surface area contributed by atoms with Crippen LogP contribution in [-0.4, -0.2) is 4.98 Å². The molecule has 0 spiro atoms. The Kier molecular flexibility index (Phi) is 1.89. The lowest BCUT2D eigenvalue weighted by molar-refractivity contribution is 1.15. The minimum atomic E-state index is 0.591. The van der Waals surface area contributed by atoms with Gasteiger partial charge in [-0.1, -0.05) is 25.1 Å². The van der Waals surface area contributed by atoms with Gasteiger partial charge in [0, 0.05) is 5.39 Å². The van der Waals surface area contributed by atoms with Crippen LogP contribution < -0.4 is 5.73 Å². The van der Waals surface area contributed by atoms with Gasteiger partial charge in [-0.05, 0) is 24.1 Å². The standard InChI is InChI=1S/C11H12N2/c1-2-8-4-3-5-9-6-7-10(12)13-11(8)9/h3-7H,2H2,1H3,(H2,12,13). The van der Waals surface area contributed by atoms with Crippen molar-refractivity contribution in [1.82, 2.24) is 4.98 Å². The van der Waals surface area contributed by atoms with Crippen molar-refractivity contribution in [2.24, 2.45) is 0 Å². The van der Waals surface area contributed by atoms with Crippen LogP contribution in [0, 0.1) is 0 Å². The average Bonchev–Trinajstić information content (AvgIpc) is 2.17. The van der Waals surface area contributed by atoms with Crippen LogP contribution in [0.3, 0.4) is 0 Å². The van der Waals surface area contributed by atoms with Gasteiger partial charge in [0.15, 0.2) is 0 Å². The van der Waals surface area contributed by atoms with Crippen LogP contribution in [0.2, 0.25) is 0 Å². The molecule has 66 valence electrons. The second kappa shape index (κ2) is 3.05. The molecule has 0 aliphatic heterocycles. The molecule has 13 heavy (non-hydrogen) atoms. The Morgan fingerprint density at radius 3 is 2.85 bits per heavy atom. The molecule has 2 nitrogen and oxygen atoms in total. The van der Waals surface area contributed by atoms with Crippen LogP contribution in [0.1, 0.15) is 12.5 Å². The first-order chi connectivity index (χ1) is 6.31. The van der Waals surface area contributed by atoms with Crippen LogP contribution in [0.5, 0.6) is 0 Å². The first kappa shape index (κ1) is 8.05. The molecule has 0 saturated carbocycles. The Hall–Kier alpha value is -1.57. The van der Waals surface area contributed by atoms with Crippen LogP contribution >= 0.6 is 0 Å². The van der Waals surface area contributed by atoms with E-state index in [0.29, 0.717) is 5.82 Å². The van der Waals surface area contributed by atoms with Gasteiger partial charge in [0.05, 0.1) is 5.52 Å². The van der Waals surface area contributed by atoms with E-state index in [4.69, 9.17) is 5.73 Å². The Morgan fingerprint density at radius 2 is 2.08 bits per heavy atom. The smallest absolute Gasteiger partial charge is 0.124 e. The van der Waals surface area contributed by atoms with E-state index in [1.807, 2.05) is 12.1 Å². The summed E-state index contributed by atoms with van der Waals surface area (Å²) in [6.07, 6.45) is 0.994. The number of aromatic nitrogens is 1. The number of pyridine rings is 1. The highest BCUT2D eigenvalue weighted by atomic mass is 14.8. The summed E-state index contributed by atoms with van der Waals surface area (Å²) in [6.45, 7) is 2.12. The molecule has 0 atom stereocenters. The Morgan fingerprint density at radius 1 is 1.23 bits per heavy atom. The topological polar surface area (TPSA) is 38.9 Å². The molecule has 0 bridgehead atoms. The summed E-state index contributed by atoms with van der Waals surface area (Å²) in [7, 11) is 0. The number of rotatable bonds is 1. The number of nitrogens with two attached hydrogens (primary N) is 1. The number of nitrogens with zero attached hydrogens (tertiary/aromatic N) is 1. The van der Waals surface area contributed by atoms with E-state index in [2.05, 4.69) is 30.1 Å². The fraction of sp³-hybridized carbons (Fsp3) is 0.182. The molecule has 0 aliphatic carbocycles. The SMILES string of the molecule is CCc1cccc2ccc(N)nc12. The van der Waals surface area contributed by atoms with Crippen molar-refractivity contribution in [3.63, 3.8) is 0 Å². The second-order valence-electron chi connectivity index (χ2n) is 3.08. The van der Waals surface area contributed by atoms with Crippen LogP contribution in [0.15, 0.2) is 30.3 Å². The molecule has 2 aromatic rings. The summed E-state index contributed by atoms with van der Waals surface area (Å²) in [6, 6.07) is 10.0. The average molecular weight is 172 g/mol. The second-order valence-corrected chi connectivity index (χ2v) is 3.08. The van der Waals surface area contributed by atoms with Gasteiger partial charge in [-0.2, -0.15) is 0 Å². The molecule has 0 amide bonds. The normalized spacial score (nSPS) is 10.5. The van der Waals surface area contributed by atoms with Crippen molar-refractivity contribution in [3.8, 4) is 0 Å². The maximum absolute atomic E-state index is 5.64. The lowest BCUT2D eigenvalue weighted by Crippen LogP contribution is -1.92. The van der Waals surface area contributed by atoms with Crippen molar-refractivity contribution >= 4 is 16.7 Å². The van der Waals surface area contributed by atoms with Crippen molar-refractivity contribution < 1.29 is 0 Å². The molecular weight excluding hydrogens is 160 g/mol. The van der Waals surface area contributed by atoms with E-state index in [1.165, 1.54) is 5.56 Å². The molecule has 0 unspecified atom stereocenters. The fourth-order valence-electron chi connectivity index (χ4n) is 1.51. The molecular formula is C11H12N2. The molecule has 2 N–H and O–H groups in total. The number of nitrogen functional groups attached to an aromatic ring is 1. The monoisotopic (exact) mass is 172 g/mol. The van der Waals surface area contributed by atoms with E-state index >= 15 is 0 Å². The Balaban J connectivity index is 2.79. The van der Waals surface area contributed by atoms with Crippen molar-refractivity contribution in [3.05, 3.63) is 35.9 Å². The minimum Gasteiger partial charge on any atom is -0.384 e. The molecule has 0 saturated heterocycles. The quantitative estimate of drug-likeness (QED) is 0.717. The van der Waals surface area contributed by atoms with Gasteiger partial charge in [-0.25, -0.2) is 4.98 Å². The van der Waals surface area contributed by atoms with Crippen LogP contribution in [0.4, 0.5) is 5.82 Å². The number of fused-ring (bicyclic) bond motifs is 1. The van der Waals surface area contributed by atoms with Gasteiger partial charge < -0.3 is 5.73 Å². The van der Waals surface area contributed by atoms with E-state index in [1.54, 1.807) is 0 Å². The number of benzene rings is 1. The molecule has 0 aliphatic rings. The third-order valence-electron chi connectivity index (χ3n) is 2.21. The molecule has 1 aromatic heterocycles. The van der Waals surface area contributed by atoms with Gasteiger partial charge in [0.25, 0.3) is 0 Å². The summed E-state index contributed by atoms with van der Waals surface area (Å²) >= 11 is 0. The fourth-order valence-corrected chi connectivity index (χ4v) is 1.51. The molecule has 2 heteroatoms. The lowest BCUT2D eigenvalue weighted by atomic mass is 10.1. The number of aryl methyl sites for hydroxylation is 1. The molecule has 0 fully saturated rings.